The zero-order valence-corrected chi connectivity index (χ0v) is 11.2. The third kappa shape index (κ3) is 3.75. The van der Waals surface area contributed by atoms with Gasteiger partial charge in [-0.3, -0.25) is 0 Å². The molecule has 13 heavy (non-hydrogen) atoms. The molecule has 0 heterocycles. The average Bonchev–Trinajstić information content (AvgIpc) is 2.19. The summed E-state index contributed by atoms with van der Waals surface area (Å²) in [4.78, 5) is 0. The van der Waals surface area contributed by atoms with Gasteiger partial charge in [-0.1, -0.05) is 0 Å². The van der Waals surface area contributed by atoms with E-state index in [4.69, 9.17) is 18.0 Å². The SMILES string of the molecule is NCc1ccccc1C[CH2][Sn][CH]=S. The monoisotopic (exact) mass is 299 g/mol. The molecule has 0 aliphatic heterocycles. The van der Waals surface area contributed by atoms with Gasteiger partial charge < -0.3 is 0 Å². The van der Waals surface area contributed by atoms with Crippen LogP contribution in [0.1, 0.15) is 11.1 Å². The molecule has 3 heteroatoms. The van der Waals surface area contributed by atoms with Crippen LogP contribution in [0.5, 0.6) is 0 Å². The van der Waals surface area contributed by atoms with E-state index in [0.29, 0.717) is 6.54 Å². The summed E-state index contributed by atoms with van der Waals surface area (Å²) in [6.07, 6.45) is 1.16. The van der Waals surface area contributed by atoms with Crippen LogP contribution in [0.25, 0.3) is 0 Å². The molecule has 0 aliphatic carbocycles. The molecular weight excluding hydrogens is 285 g/mol. The Kier molecular flexibility index (Phi) is 5.58. The van der Waals surface area contributed by atoms with Gasteiger partial charge in [-0.2, -0.15) is 0 Å². The molecule has 0 spiro atoms. The second-order valence-electron chi connectivity index (χ2n) is 2.79. The van der Waals surface area contributed by atoms with E-state index in [1.165, 1.54) is 15.6 Å². The van der Waals surface area contributed by atoms with Crippen molar-refractivity contribution in [3.05, 3.63) is 35.4 Å². The molecule has 1 aromatic carbocycles. The normalized spacial score (nSPS) is 9.92. The molecular formula is C10H13NSSn. The van der Waals surface area contributed by atoms with Gasteiger partial charge in [0, 0.05) is 0 Å². The van der Waals surface area contributed by atoms with Gasteiger partial charge in [-0.25, -0.2) is 0 Å². The minimum absolute atomic E-state index is 0.344. The average molecular weight is 298 g/mol. The van der Waals surface area contributed by atoms with Crippen LogP contribution in [-0.4, -0.2) is 24.5 Å². The topological polar surface area (TPSA) is 26.0 Å². The first kappa shape index (κ1) is 11.1. The third-order valence-electron chi connectivity index (χ3n) is 1.96. The van der Waals surface area contributed by atoms with E-state index in [1.54, 1.807) is 0 Å². The summed E-state index contributed by atoms with van der Waals surface area (Å²) in [5, 5.41) is 0. The number of hydrogen-bond donors (Lipinski definition) is 1. The van der Waals surface area contributed by atoms with Gasteiger partial charge in [0.25, 0.3) is 0 Å². The van der Waals surface area contributed by atoms with Crippen molar-refractivity contribution in [1.82, 2.24) is 0 Å². The predicted molar refractivity (Wildman–Crippen MR) is 62.3 cm³/mol. The molecule has 0 fully saturated rings. The summed E-state index contributed by atoms with van der Waals surface area (Å²) in [6.45, 7) is 0.652. The molecule has 2 radical (unpaired) electrons. The Hall–Kier alpha value is 0.0687. The van der Waals surface area contributed by atoms with Gasteiger partial charge in [0.15, 0.2) is 0 Å². The fourth-order valence-corrected chi connectivity index (χ4v) is 3.57. The van der Waals surface area contributed by atoms with Crippen LogP contribution in [0.4, 0.5) is 0 Å². The Morgan fingerprint density at radius 3 is 2.62 bits per heavy atom. The van der Waals surface area contributed by atoms with Crippen LogP contribution in [0.3, 0.4) is 0 Å². The van der Waals surface area contributed by atoms with Gasteiger partial charge >= 0.3 is 95.3 Å². The Morgan fingerprint density at radius 2 is 2.00 bits per heavy atom. The molecule has 0 aromatic heterocycles. The Labute approximate surface area is 94.9 Å². The van der Waals surface area contributed by atoms with Crippen molar-refractivity contribution in [2.75, 3.05) is 0 Å². The summed E-state index contributed by atoms with van der Waals surface area (Å²) in [7, 11) is 0. The van der Waals surface area contributed by atoms with Gasteiger partial charge in [-0.15, -0.1) is 0 Å². The van der Waals surface area contributed by atoms with Crippen molar-refractivity contribution < 1.29 is 0 Å². The van der Waals surface area contributed by atoms with Crippen LogP contribution in [-0.2, 0) is 13.0 Å². The number of rotatable bonds is 5. The minimum atomic E-state index is -0.344. The maximum atomic E-state index is 5.64. The van der Waals surface area contributed by atoms with Crippen molar-refractivity contribution in [3.8, 4) is 0 Å². The van der Waals surface area contributed by atoms with Crippen LogP contribution in [0, 0.1) is 0 Å². The molecule has 1 rings (SSSR count). The van der Waals surface area contributed by atoms with E-state index >= 15 is 0 Å². The van der Waals surface area contributed by atoms with Crippen LogP contribution < -0.4 is 5.73 Å². The summed E-state index contributed by atoms with van der Waals surface area (Å²) in [5.74, 6) is 0. The first-order chi connectivity index (χ1) is 6.38. The molecule has 0 saturated carbocycles. The zero-order valence-electron chi connectivity index (χ0n) is 7.49. The molecule has 68 valence electrons. The van der Waals surface area contributed by atoms with E-state index < -0.39 is 0 Å². The second-order valence-corrected chi connectivity index (χ2v) is 7.64. The van der Waals surface area contributed by atoms with Crippen LogP contribution in [0.15, 0.2) is 24.3 Å². The summed E-state index contributed by atoms with van der Waals surface area (Å²) in [5.41, 5.74) is 8.33. The molecule has 0 aliphatic rings. The quantitative estimate of drug-likeness (QED) is 0.509. The van der Waals surface area contributed by atoms with E-state index in [9.17, 15) is 0 Å². The molecule has 0 amide bonds. The van der Waals surface area contributed by atoms with Gasteiger partial charge in [0.1, 0.15) is 0 Å². The molecule has 2 N–H and O–H groups in total. The number of thiocarbonyl (C=S) groups is 1. The van der Waals surface area contributed by atoms with E-state index in [-0.39, 0.29) is 21.1 Å². The van der Waals surface area contributed by atoms with Gasteiger partial charge in [0.2, 0.25) is 0 Å². The summed E-state index contributed by atoms with van der Waals surface area (Å²) < 4.78 is 3.26. The first-order valence-corrected chi connectivity index (χ1v) is 8.46. The number of aryl methyl sites for hydroxylation is 1. The molecule has 0 atom stereocenters. The summed E-state index contributed by atoms with van der Waals surface area (Å²) >= 11 is 4.51. The van der Waals surface area contributed by atoms with Gasteiger partial charge in [0.05, 0.1) is 0 Å². The molecule has 0 bridgehead atoms. The van der Waals surface area contributed by atoms with Crippen molar-refractivity contribution in [2.24, 2.45) is 5.73 Å². The van der Waals surface area contributed by atoms with Crippen molar-refractivity contribution in [1.29, 1.82) is 0 Å². The standard InChI is InChI=1S/C9H12N.CHS.Sn/c1-2-8-5-3-4-6-9(8)7-10;1-2;/h3-6H,1-2,7,10H2;1H;. The van der Waals surface area contributed by atoms with Crippen molar-refractivity contribution in [2.45, 2.75) is 17.4 Å². The number of benzene rings is 1. The first-order valence-electron chi connectivity index (χ1n) is 4.32. The van der Waals surface area contributed by atoms with E-state index in [0.717, 1.165) is 6.42 Å². The van der Waals surface area contributed by atoms with E-state index in [1.807, 2.05) is 9.45 Å². The van der Waals surface area contributed by atoms with Gasteiger partial charge in [-0.05, 0) is 0 Å². The second kappa shape index (κ2) is 6.51. The Bertz CT molecular complexity index is 275. The fourth-order valence-electron chi connectivity index (χ4n) is 1.27. The number of nitrogens with two attached hydrogens (primary N) is 1. The Balaban J connectivity index is 2.58. The predicted octanol–water partition coefficient (Wildman–Crippen LogP) is 1.77. The molecule has 1 aromatic rings. The van der Waals surface area contributed by atoms with Crippen molar-refractivity contribution in [3.63, 3.8) is 0 Å². The third-order valence-corrected chi connectivity index (χ3v) is 5.09. The van der Waals surface area contributed by atoms with Crippen LogP contribution >= 0.6 is 12.2 Å². The molecule has 0 unspecified atom stereocenters. The van der Waals surface area contributed by atoms with Crippen LogP contribution in [0.2, 0.25) is 4.44 Å². The zero-order chi connectivity index (χ0) is 9.52. The van der Waals surface area contributed by atoms with E-state index in [2.05, 4.69) is 18.2 Å². The fraction of sp³-hybridized carbons (Fsp3) is 0.300. The molecule has 1 nitrogen and oxygen atoms in total. The molecule has 0 saturated heterocycles. The summed E-state index contributed by atoms with van der Waals surface area (Å²) in [6, 6.07) is 8.41. The number of hydrogen-bond acceptors (Lipinski definition) is 2. The maximum absolute atomic E-state index is 5.64. The Morgan fingerprint density at radius 1 is 1.31 bits per heavy atom. The van der Waals surface area contributed by atoms with Crippen molar-refractivity contribution >= 4 is 36.7 Å².